The molecule has 114 valence electrons. The first-order valence-electron chi connectivity index (χ1n) is 7.54. The fourth-order valence-corrected chi connectivity index (χ4v) is 3.29. The van der Waals surface area contributed by atoms with Crippen molar-refractivity contribution in [2.45, 2.75) is 37.8 Å². The van der Waals surface area contributed by atoms with Gasteiger partial charge >= 0.3 is 0 Å². The maximum Gasteiger partial charge on any atom is 0.267 e. The molecule has 2 heterocycles. The summed E-state index contributed by atoms with van der Waals surface area (Å²) in [7, 11) is 0. The average Bonchev–Trinajstić information content (AvgIpc) is 2.54. The summed E-state index contributed by atoms with van der Waals surface area (Å²) in [4.78, 5) is 14.7. The van der Waals surface area contributed by atoms with Gasteiger partial charge in [0, 0.05) is 18.5 Å². The van der Waals surface area contributed by atoms with E-state index in [4.69, 9.17) is 21.1 Å². The first kappa shape index (κ1) is 14.5. The molecule has 1 amide bonds. The number of halogens is 1. The van der Waals surface area contributed by atoms with E-state index in [0.29, 0.717) is 17.4 Å². The topological polar surface area (TPSA) is 38.8 Å². The van der Waals surface area contributed by atoms with Crippen LogP contribution in [0.2, 0.25) is 0 Å². The second-order valence-corrected chi connectivity index (χ2v) is 5.90. The standard InChI is InChI=1S/C16H20ClNO3/c17-9-8-12-5-3-4-10-18(12)16(19)15-11-20-13-6-1-2-7-14(13)21-15/h1-2,6-7,12,15H,3-5,8-11H2. The van der Waals surface area contributed by atoms with E-state index < -0.39 is 6.10 Å². The molecule has 2 unspecified atom stereocenters. The van der Waals surface area contributed by atoms with Crippen LogP contribution in [0.1, 0.15) is 25.7 Å². The molecule has 3 rings (SSSR count). The summed E-state index contributed by atoms with van der Waals surface area (Å²) in [6.45, 7) is 1.07. The van der Waals surface area contributed by atoms with Crippen LogP contribution in [0.4, 0.5) is 0 Å². The van der Waals surface area contributed by atoms with Crippen molar-refractivity contribution in [3.8, 4) is 11.5 Å². The summed E-state index contributed by atoms with van der Waals surface area (Å²) in [6, 6.07) is 7.70. The number of fused-ring (bicyclic) bond motifs is 1. The maximum absolute atomic E-state index is 12.7. The number of benzene rings is 1. The Morgan fingerprint density at radius 2 is 2.10 bits per heavy atom. The van der Waals surface area contributed by atoms with E-state index in [9.17, 15) is 4.79 Å². The Bertz CT molecular complexity index is 506. The number of carbonyl (C=O) groups is 1. The Hall–Kier alpha value is -1.42. The molecule has 0 aliphatic carbocycles. The minimum Gasteiger partial charge on any atom is -0.485 e. The Morgan fingerprint density at radius 1 is 1.29 bits per heavy atom. The van der Waals surface area contributed by atoms with E-state index >= 15 is 0 Å². The van der Waals surface area contributed by atoms with Gasteiger partial charge < -0.3 is 14.4 Å². The maximum atomic E-state index is 12.7. The van der Waals surface area contributed by atoms with Gasteiger partial charge in [-0.1, -0.05) is 12.1 Å². The van der Waals surface area contributed by atoms with E-state index in [2.05, 4.69) is 0 Å². The summed E-state index contributed by atoms with van der Waals surface area (Å²) in [5, 5.41) is 0. The van der Waals surface area contributed by atoms with E-state index in [1.54, 1.807) is 0 Å². The fraction of sp³-hybridized carbons (Fsp3) is 0.562. The normalized spacial score (nSPS) is 24.7. The smallest absolute Gasteiger partial charge is 0.267 e. The van der Waals surface area contributed by atoms with Crippen molar-refractivity contribution >= 4 is 17.5 Å². The van der Waals surface area contributed by atoms with Crippen LogP contribution in [0.5, 0.6) is 11.5 Å². The largest absolute Gasteiger partial charge is 0.485 e. The number of piperidine rings is 1. The van der Waals surface area contributed by atoms with Gasteiger partial charge in [-0.25, -0.2) is 0 Å². The van der Waals surface area contributed by atoms with Crippen molar-refractivity contribution < 1.29 is 14.3 Å². The molecule has 2 aliphatic heterocycles. The Morgan fingerprint density at radius 3 is 2.90 bits per heavy atom. The van der Waals surface area contributed by atoms with Crippen LogP contribution in [0, 0.1) is 0 Å². The van der Waals surface area contributed by atoms with Crippen molar-refractivity contribution in [2.24, 2.45) is 0 Å². The van der Waals surface area contributed by atoms with Gasteiger partial charge in [0.15, 0.2) is 11.5 Å². The molecule has 0 bridgehead atoms. The van der Waals surface area contributed by atoms with Crippen LogP contribution in [-0.2, 0) is 4.79 Å². The van der Waals surface area contributed by atoms with Crippen LogP contribution in [0.25, 0.3) is 0 Å². The highest BCUT2D eigenvalue weighted by atomic mass is 35.5. The molecule has 1 aromatic carbocycles. The number of ether oxygens (including phenoxy) is 2. The fourth-order valence-electron chi connectivity index (χ4n) is 3.04. The molecular weight excluding hydrogens is 290 g/mol. The zero-order valence-corrected chi connectivity index (χ0v) is 12.7. The molecule has 4 nitrogen and oxygen atoms in total. The van der Waals surface area contributed by atoms with Crippen LogP contribution >= 0.6 is 11.6 Å². The monoisotopic (exact) mass is 309 g/mol. The molecule has 0 aromatic heterocycles. The van der Waals surface area contributed by atoms with Gasteiger partial charge in [0.05, 0.1) is 0 Å². The Kier molecular flexibility index (Phi) is 4.54. The van der Waals surface area contributed by atoms with Crippen LogP contribution in [0.3, 0.4) is 0 Å². The lowest BCUT2D eigenvalue weighted by Crippen LogP contribution is -2.52. The third-order valence-electron chi connectivity index (χ3n) is 4.14. The highest BCUT2D eigenvalue weighted by Crippen LogP contribution is 2.32. The lowest BCUT2D eigenvalue weighted by atomic mass is 9.99. The highest BCUT2D eigenvalue weighted by molar-refractivity contribution is 6.17. The van der Waals surface area contributed by atoms with E-state index in [1.165, 1.54) is 0 Å². The lowest BCUT2D eigenvalue weighted by molar-refractivity contribution is -0.145. The molecule has 2 atom stereocenters. The molecule has 0 saturated carbocycles. The summed E-state index contributed by atoms with van der Waals surface area (Å²) >= 11 is 5.86. The van der Waals surface area contributed by atoms with Gasteiger partial charge in [-0.3, -0.25) is 4.79 Å². The number of alkyl halides is 1. The molecule has 21 heavy (non-hydrogen) atoms. The Balaban J connectivity index is 1.70. The predicted octanol–water partition coefficient (Wildman–Crippen LogP) is 2.84. The van der Waals surface area contributed by atoms with Crippen molar-refractivity contribution in [3.05, 3.63) is 24.3 Å². The van der Waals surface area contributed by atoms with Crippen LogP contribution < -0.4 is 9.47 Å². The highest BCUT2D eigenvalue weighted by Gasteiger charge is 2.35. The third-order valence-corrected chi connectivity index (χ3v) is 4.35. The quantitative estimate of drug-likeness (QED) is 0.806. The molecule has 0 radical (unpaired) electrons. The van der Waals surface area contributed by atoms with Gasteiger partial charge in [-0.2, -0.15) is 0 Å². The zero-order chi connectivity index (χ0) is 14.7. The SMILES string of the molecule is O=C(C1COc2ccccc2O1)N1CCCCC1CCCl. The van der Waals surface area contributed by atoms with Crippen molar-refractivity contribution in [1.82, 2.24) is 4.90 Å². The minimum atomic E-state index is -0.546. The third kappa shape index (κ3) is 3.10. The summed E-state index contributed by atoms with van der Waals surface area (Å²) in [5.41, 5.74) is 0. The van der Waals surface area contributed by atoms with Gasteiger partial charge in [-0.15, -0.1) is 11.6 Å². The van der Waals surface area contributed by atoms with Crippen molar-refractivity contribution in [3.63, 3.8) is 0 Å². The van der Waals surface area contributed by atoms with Gasteiger partial charge in [0.25, 0.3) is 5.91 Å². The van der Waals surface area contributed by atoms with Gasteiger partial charge in [0.1, 0.15) is 6.61 Å². The Labute approximate surface area is 130 Å². The molecule has 2 aliphatic rings. The molecule has 0 spiro atoms. The number of carbonyl (C=O) groups excluding carboxylic acids is 1. The number of para-hydroxylation sites is 2. The molecule has 5 heteroatoms. The molecule has 1 saturated heterocycles. The minimum absolute atomic E-state index is 0.0271. The lowest BCUT2D eigenvalue weighted by Gasteiger charge is -2.38. The molecular formula is C16H20ClNO3. The number of rotatable bonds is 3. The second-order valence-electron chi connectivity index (χ2n) is 5.52. The summed E-state index contributed by atoms with van der Waals surface area (Å²) in [6.07, 6.45) is 3.54. The van der Waals surface area contributed by atoms with Gasteiger partial charge in [-0.05, 0) is 37.8 Å². The predicted molar refractivity (Wildman–Crippen MR) is 81.0 cm³/mol. The second kappa shape index (κ2) is 6.56. The zero-order valence-electron chi connectivity index (χ0n) is 12.0. The van der Waals surface area contributed by atoms with Crippen LogP contribution in [0.15, 0.2) is 24.3 Å². The van der Waals surface area contributed by atoms with E-state index in [-0.39, 0.29) is 18.6 Å². The first-order chi connectivity index (χ1) is 10.3. The first-order valence-corrected chi connectivity index (χ1v) is 8.08. The number of likely N-dealkylation sites (tertiary alicyclic amines) is 1. The number of nitrogens with zero attached hydrogens (tertiary/aromatic N) is 1. The van der Waals surface area contributed by atoms with E-state index in [0.717, 1.165) is 32.2 Å². The molecule has 1 aromatic rings. The van der Waals surface area contributed by atoms with E-state index in [1.807, 2.05) is 29.2 Å². The molecule has 1 fully saturated rings. The number of hydrogen-bond donors (Lipinski definition) is 0. The summed E-state index contributed by atoms with van der Waals surface area (Å²) in [5.74, 6) is 1.96. The summed E-state index contributed by atoms with van der Waals surface area (Å²) < 4.78 is 11.5. The molecule has 0 N–H and O–H groups in total. The van der Waals surface area contributed by atoms with Gasteiger partial charge in [0.2, 0.25) is 6.10 Å². The van der Waals surface area contributed by atoms with Crippen LogP contribution in [-0.4, -0.2) is 42.0 Å². The van der Waals surface area contributed by atoms with Crippen molar-refractivity contribution in [2.75, 3.05) is 19.0 Å². The number of amides is 1. The average molecular weight is 310 g/mol. The number of hydrogen-bond acceptors (Lipinski definition) is 3. The van der Waals surface area contributed by atoms with Crippen molar-refractivity contribution in [1.29, 1.82) is 0 Å².